The highest BCUT2D eigenvalue weighted by Crippen LogP contribution is 2.60. The van der Waals surface area contributed by atoms with E-state index >= 15 is 0 Å². The Kier molecular flexibility index (Phi) is 5.41. The van der Waals surface area contributed by atoms with Gasteiger partial charge in [-0.2, -0.15) is 0 Å². The van der Waals surface area contributed by atoms with Gasteiger partial charge in [0.25, 0.3) is 0 Å². The fourth-order valence-corrected chi connectivity index (χ4v) is 10.6. The summed E-state index contributed by atoms with van der Waals surface area (Å²) in [5.41, 5.74) is 0. The molecule has 0 heterocycles. The molecule has 2 atom stereocenters. The predicted molar refractivity (Wildman–Crippen MR) is 102 cm³/mol. The molecule has 0 aromatic heterocycles. The first-order valence-electron chi connectivity index (χ1n) is 7.78. The highest BCUT2D eigenvalue weighted by molar-refractivity contribution is 8.75. The van der Waals surface area contributed by atoms with E-state index in [4.69, 9.17) is 11.8 Å². The van der Waals surface area contributed by atoms with Crippen molar-refractivity contribution < 1.29 is 5.11 Å². The van der Waals surface area contributed by atoms with Gasteiger partial charge in [-0.25, -0.2) is 0 Å². The van der Waals surface area contributed by atoms with E-state index in [1.54, 1.807) is 0 Å². The van der Waals surface area contributed by atoms with E-state index < -0.39 is 5.24 Å². The molecule has 3 rings (SSSR count). The Balaban J connectivity index is 1.98. The van der Waals surface area contributed by atoms with Crippen molar-refractivity contribution in [1.29, 1.82) is 0 Å². The zero-order valence-electron chi connectivity index (χ0n) is 12.5. The molecule has 1 nitrogen and oxygen atoms in total. The Morgan fingerprint density at radius 2 is 1.36 bits per heavy atom. The molecule has 2 aromatic rings. The summed E-state index contributed by atoms with van der Waals surface area (Å²) in [5.74, 6) is 0. The van der Waals surface area contributed by atoms with E-state index in [0.29, 0.717) is 0 Å². The molecule has 1 aliphatic carbocycles. The number of aliphatic hydroxyl groups is 1. The minimum atomic E-state index is -1.94. The largest absolute Gasteiger partial charge is 0.392 e. The summed E-state index contributed by atoms with van der Waals surface area (Å²) < 4.78 is 0. The molecule has 0 aliphatic heterocycles. The van der Waals surface area contributed by atoms with Crippen LogP contribution in [0.3, 0.4) is 0 Å². The Morgan fingerprint density at radius 3 is 1.86 bits per heavy atom. The van der Waals surface area contributed by atoms with Crippen LogP contribution in [0, 0.1) is 0 Å². The van der Waals surface area contributed by atoms with Crippen LogP contribution in [0.1, 0.15) is 25.7 Å². The molecule has 4 heteroatoms. The van der Waals surface area contributed by atoms with Crippen LogP contribution < -0.4 is 10.6 Å². The molecule has 1 saturated carbocycles. The molecule has 1 fully saturated rings. The van der Waals surface area contributed by atoms with Crippen LogP contribution in [0.2, 0.25) is 0 Å². The normalized spacial score (nSPS) is 22.4. The van der Waals surface area contributed by atoms with Gasteiger partial charge in [-0.3, -0.25) is 0 Å². The molecular formula is C18H21OPS2. The van der Waals surface area contributed by atoms with E-state index in [9.17, 15) is 5.11 Å². The van der Waals surface area contributed by atoms with Crippen LogP contribution in [-0.2, 0) is 11.8 Å². The van der Waals surface area contributed by atoms with Gasteiger partial charge in [0, 0.05) is 5.25 Å². The van der Waals surface area contributed by atoms with Crippen molar-refractivity contribution in [2.24, 2.45) is 0 Å². The maximum Gasteiger partial charge on any atom is 0.0662 e. The van der Waals surface area contributed by atoms with E-state index in [-0.39, 0.29) is 11.4 Å². The average Bonchev–Trinajstić information content (AvgIpc) is 2.58. The summed E-state index contributed by atoms with van der Waals surface area (Å²) in [7, 11) is 0. The van der Waals surface area contributed by atoms with Crippen molar-refractivity contribution in [3.8, 4) is 0 Å². The standard InChI is InChI=1S/C18H21OPS2/c19-17-13-7-8-14-18(17)22-20(21,15-9-3-1-4-10-15)16-11-5-2-6-12-16/h1-6,9-12,17-19H,7-8,13-14H2/t17-,18-/m0/s1. The topological polar surface area (TPSA) is 20.2 Å². The highest BCUT2D eigenvalue weighted by Gasteiger charge is 2.32. The van der Waals surface area contributed by atoms with Crippen LogP contribution in [0.15, 0.2) is 60.7 Å². The summed E-state index contributed by atoms with van der Waals surface area (Å²) >= 11 is 8.09. The molecule has 0 radical (unpaired) electrons. The van der Waals surface area contributed by atoms with Crippen molar-refractivity contribution in [2.45, 2.75) is 37.0 Å². The summed E-state index contributed by atoms with van der Waals surface area (Å²) in [6.45, 7) is 0. The van der Waals surface area contributed by atoms with Crippen molar-refractivity contribution in [3.63, 3.8) is 0 Å². The van der Waals surface area contributed by atoms with Crippen molar-refractivity contribution in [1.82, 2.24) is 0 Å². The lowest BCUT2D eigenvalue weighted by Gasteiger charge is -2.33. The summed E-state index contributed by atoms with van der Waals surface area (Å²) in [5, 5.41) is 11.2. The molecule has 0 unspecified atom stereocenters. The smallest absolute Gasteiger partial charge is 0.0662 e. The summed E-state index contributed by atoms with van der Waals surface area (Å²) in [6, 6.07) is 20.9. The Morgan fingerprint density at radius 1 is 0.864 bits per heavy atom. The van der Waals surface area contributed by atoms with Gasteiger partial charge >= 0.3 is 0 Å². The SMILES string of the molecule is O[C@H]1CCCC[C@@H]1SP(=S)(c1ccccc1)c1ccccc1. The molecule has 0 amide bonds. The lowest BCUT2D eigenvalue weighted by molar-refractivity contribution is 0.137. The van der Waals surface area contributed by atoms with E-state index in [1.165, 1.54) is 17.0 Å². The lowest BCUT2D eigenvalue weighted by Crippen LogP contribution is -2.28. The Labute approximate surface area is 141 Å². The second-order valence-electron chi connectivity index (χ2n) is 5.72. The first kappa shape index (κ1) is 16.3. The minimum absolute atomic E-state index is 0.214. The van der Waals surface area contributed by atoms with Crippen LogP contribution >= 0.6 is 16.6 Å². The molecule has 0 spiro atoms. The minimum Gasteiger partial charge on any atom is -0.392 e. The van der Waals surface area contributed by atoms with Gasteiger partial charge in [-0.15, -0.1) is 11.4 Å². The van der Waals surface area contributed by atoms with Gasteiger partial charge < -0.3 is 5.11 Å². The first-order chi connectivity index (χ1) is 10.7. The fourth-order valence-electron chi connectivity index (χ4n) is 2.91. The zero-order chi connectivity index (χ0) is 15.4. The second kappa shape index (κ2) is 7.31. The van der Waals surface area contributed by atoms with E-state index in [2.05, 4.69) is 48.5 Å². The van der Waals surface area contributed by atoms with Gasteiger partial charge in [0.05, 0.1) is 11.3 Å². The number of rotatable bonds is 4. The summed E-state index contributed by atoms with van der Waals surface area (Å²) in [4.78, 5) is 0. The monoisotopic (exact) mass is 348 g/mol. The zero-order valence-corrected chi connectivity index (χ0v) is 15.0. The first-order valence-corrected chi connectivity index (χ1v) is 12.1. The van der Waals surface area contributed by atoms with Crippen LogP contribution in [0.25, 0.3) is 0 Å². The maximum atomic E-state index is 10.4. The number of hydrogen-bond acceptors (Lipinski definition) is 3. The molecule has 1 N–H and O–H groups in total. The van der Waals surface area contributed by atoms with Crippen molar-refractivity contribution in [3.05, 3.63) is 60.7 Å². The molecule has 116 valence electrons. The van der Waals surface area contributed by atoms with Crippen LogP contribution in [0.5, 0.6) is 0 Å². The van der Waals surface area contributed by atoms with Crippen LogP contribution in [-0.4, -0.2) is 16.5 Å². The maximum absolute atomic E-state index is 10.4. The van der Waals surface area contributed by atoms with Gasteiger partial charge in [0.2, 0.25) is 0 Å². The number of hydrogen-bond donors (Lipinski definition) is 1. The van der Waals surface area contributed by atoms with Gasteiger partial charge in [-0.05, 0) is 23.5 Å². The second-order valence-corrected chi connectivity index (χ2v) is 13.3. The highest BCUT2D eigenvalue weighted by atomic mass is 32.9. The molecule has 22 heavy (non-hydrogen) atoms. The fraction of sp³-hybridized carbons (Fsp3) is 0.333. The molecule has 2 aromatic carbocycles. The third-order valence-corrected chi connectivity index (χ3v) is 12.2. The van der Waals surface area contributed by atoms with Crippen molar-refractivity contribution >= 4 is 39.0 Å². The van der Waals surface area contributed by atoms with E-state index in [0.717, 1.165) is 19.3 Å². The molecule has 0 bridgehead atoms. The van der Waals surface area contributed by atoms with Crippen molar-refractivity contribution in [2.75, 3.05) is 0 Å². The lowest BCUT2D eigenvalue weighted by atomic mass is 9.97. The Bertz CT molecular complexity index is 601. The predicted octanol–water partition coefficient (Wildman–Crippen LogP) is 4.07. The molecular weight excluding hydrogens is 327 g/mol. The third kappa shape index (κ3) is 3.49. The average molecular weight is 348 g/mol. The van der Waals surface area contributed by atoms with E-state index in [1.807, 2.05) is 23.5 Å². The quantitative estimate of drug-likeness (QED) is 0.841. The molecule has 1 aliphatic rings. The van der Waals surface area contributed by atoms with Gasteiger partial charge in [-0.1, -0.05) is 85.3 Å². The van der Waals surface area contributed by atoms with Gasteiger partial charge in [0.15, 0.2) is 0 Å². The van der Waals surface area contributed by atoms with Crippen LogP contribution in [0.4, 0.5) is 0 Å². The number of aliphatic hydroxyl groups excluding tert-OH is 1. The van der Waals surface area contributed by atoms with Gasteiger partial charge in [0.1, 0.15) is 0 Å². The summed E-state index contributed by atoms with van der Waals surface area (Å²) in [6.07, 6.45) is 4.11. The third-order valence-electron chi connectivity index (χ3n) is 4.14. The molecule has 0 saturated heterocycles. The Hall–Kier alpha value is -0.600. The number of benzene rings is 2.